The molecule has 1 rings (SSSR count). The molecule has 2 nitrogen and oxygen atoms in total. The van der Waals surface area contributed by atoms with Gasteiger partial charge in [0.25, 0.3) is 0 Å². The first-order chi connectivity index (χ1) is 12.1. The van der Waals surface area contributed by atoms with Crippen LogP contribution in [0, 0.1) is 9.49 Å². The van der Waals surface area contributed by atoms with Gasteiger partial charge in [-0.2, -0.15) is 0 Å². The van der Waals surface area contributed by atoms with Crippen LogP contribution < -0.4 is 0 Å². The number of hydrogen-bond acceptors (Lipinski definition) is 1. The number of aryl methyl sites for hydroxylation is 1. The fourth-order valence-electron chi connectivity index (χ4n) is 3.29. The topological polar surface area (TPSA) is 37.3 Å². The summed E-state index contributed by atoms with van der Waals surface area (Å²) < 4.78 is 1.32. The van der Waals surface area contributed by atoms with E-state index < -0.39 is 5.97 Å². The standard InChI is InChI=1S/C22H35IO2/c1-19(18-22(24)25)12-10-8-6-4-2-3-5-7-9-11-13-20-14-16-21(23)17-15-20/h14-17,19H,2-13,18H2,1H3,(H,24,25)/t19-/m1/s1. The van der Waals surface area contributed by atoms with Crippen LogP contribution in [0.4, 0.5) is 0 Å². The zero-order chi connectivity index (χ0) is 18.3. The number of benzene rings is 1. The van der Waals surface area contributed by atoms with Crippen LogP contribution in [-0.4, -0.2) is 11.1 Å². The van der Waals surface area contributed by atoms with Gasteiger partial charge in [-0.05, 0) is 59.0 Å². The summed E-state index contributed by atoms with van der Waals surface area (Å²) >= 11 is 2.36. The number of hydrogen-bond donors (Lipinski definition) is 1. The SMILES string of the molecule is C[C@H](CCCCCCCCCCCCc1ccc(I)cc1)CC(=O)O. The van der Waals surface area contributed by atoms with Crippen LogP contribution in [0.3, 0.4) is 0 Å². The van der Waals surface area contributed by atoms with Crippen molar-refractivity contribution >= 4 is 28.6 Å². The minimum Gasteiger partial charge on any atom is -0.481 e. The van der Waals surface area contributed by atoms with Crippen molar-refractivity contribution in [2.45, 2.75) is 90.4 Å². The molecule has 25 heavy (non-hydrogen) atoms. The van der Waals surface area contributed by atoms with Crippen LogP contribution in [0.25, 0.3) is 0 Å². The summed E-state index contributed by atoms with van der Waals surface area (Å²) in [6, 6.07) is 8.90. The predicted octanol–water partition coefficient (Wildman–Crippen LogP) is 7.24. The quantitative estimate of drug-likeness (QED) is 0.222. The Balaban J connectivity index is 1.81. The molecule has 1 atom stereocenters. The number of unbranched alkanes of at least 4 members (excludes halogenated alkanes) is 9. The Morgan fingerprint density at radius 3 is 1.88 bits per heavy atom. The van der Waals surface area contributed by atoms with E-state index in [-0.39, 0.29) is 0 Å². The van der Waals surface area contributed by atoms with Gasteiger partial charge >= 0.3 is 5.97 Å². The molecule has 0 spiro atoms. The molecule has 0 aliphatic heterocycles. The summed E-state index contributed by atoms with van der Waals surface area (Å²) in [5, 5.41) is 8.73. The van der Waals surface area contributed by atoms with Crippen molar-refractivity contribution in [1.82, 2.24) is 0 Å². The summed E-state index contributed by atoms with van der Waals surface area (Å²) in [6.07, 6.45) is 15.9. The molecule has 0 unspecified atom stereocenters. The fourth-order valence-corrected chi connectivity index (χ4v) is 3.65. The second-order valence-corrected chi connectivity index (χ2v) is 8.65. The Morgan fingerprint density at radius 2 is 1.36 bits per heavy atom. The molecule has 1 aromatic rings. The van der Waals surface area contributed by atoms with E-state index in [1.165, 1.54) is 79.8 Å². The van der Waals surface area contributed by atoms with Gasteiger partial charge in [-0.25, -0.2) is 0 Å². The van der Waals surface area contributed by atoms with Crippen molar-refractivity contribution in [3.8, 4) is 0 Å². The Morgan fingerprint density at radius 1 is 0.880 bits per heavy atom. The van der Waals surface area contributed by atoms with Crippen LogP contribution in [0.2, 0.25) is 0 Å². The molecule has 0 heterocycles. The van der Waals surface area contributed by atoms with Gasteiger partial charge in [-0.1, -0.05) is 83.3 Å². The van der Waals surface area contributed by atoms with E-state index in [4.69, 9.17) is 5.11 Å². The van der Waals surface area contributed by atoms with E-state index in [9.17, 15) is 4.79 Å². The monoisotopic (exact) mass is 458 g/mol. The maximum absolute atomic E-state index is 10.6. The third-order valence-electron chi connectivity index (χ3n) is 4.85. The van der Waals surface area contributed by atoms with Crippen molar-refractivity contribution in [1.29, 1.82) is 0 Å². The van der Waals surface area contributed by atoms with Crippen LogP contribution >= 0.6 is 22.6 Å². The molecule has 1 aromatic carbocycles. The molecule has 0 amide bonds. The second-order valence-electron chi connectivity index (χ2n) is 7.40. The van der Waals surface area contributed by atoms with E-state index in [0.717, 1.165) is 6.42 Å². The van der Waals surface area contributed by atoms with Gasteiger partial charge in [-0.15, -0.1) is 0 Å². The first kappa shape index (κ1) is 22.5. The van der Waals surface area contributed by atoms with Crippen LogP contribution in [0.5, 0.6) is 0 Å². The van der Waals surface area contributed by atoms with Crippen molar-refractivity contribution in [3.63, 3.8) is 0 Å². The highest BCUT2D eigenvalue weighted by Crippen LogP contribution is 2.16. The summed E-state index contributed by atoms with van der Waals surface area (Å²) in [5.41, 5.74) is 1.47. The minimum absolute atomic E-state index is 0.323. The third kappa shape index (κ3) is 13.3. The number of carbonyl (C=O) groups is 1. The first-order valence-corrected chi connectivity index (χ1v) is 11.1. The maximum atomic E-state index is 10.6. The number of rotatable bonds is 15. The Hall–Kier alpha value is -0.580. The van der Waals surface area contributed by atoms with E-state index in [1.54, 1.807) is 0 Å². The second kappa shape index (κ2) is 14.6. The average Bonchev–Trinajstić information content (AvgIpc) is 2.57. The fraction of sp³-hybridized carbons (Fsp3) is 0.682. The number of halogens is 1. The molecule has 0 bridgehead atoms. The van der Waals surface area contributed by atoms with Gasteiger partial charge in [0.05, 0.1) is 0 Å². The van der Waals surface area contributed by atoms with Crippen molar-refractivity contribution in [2.24, 2.45) is 5.92 Å². The molecule has 0 fully saturated rings. The average molecular weight is 458 g/mol. The highest BCUT2D eigenvalue weighted by molar-refractivity contribution is 14.1. The zero-order valence-corrected chi connectivity index (χ0v) is 18.0. The van der Waals surface area contributed by atoms with Gasteiger partial charge < -0.3 is 5.11 Å². The van der Waals surface area contributed by atoms with Gasteiger partial charge in [0.1, 0.15) is 0 Å². The van der Waals surface area contributed by atoms with E-state index in [0.29, 0.717) is 12.3 Å². The third-order valence-corrected chi connectivity index (χ3v) is 5.57. The summed E-state index contributed by atoms with van der Waals surface area (Å²) in [6.45, 7) is 2.05. The predicted molar refractivity (Wildman–Crippen MR) is 115 cm³/mol. The molecule has 1 N–H and O–H groups in total. The summed E-state index contributed by atoms with van der Waals surface area (Å²) in [7, 11) is 0. The highest BCUT2D eigenvalue weighted by atomic mass is 127. The molecule has 0 aliphatic rings. The molecule has 0 aliphatic carbocycles. The van der Waals surface area contributed by atoms with Crippen molar-refractivity contribution < 1.29 is 9.90 Å². The smallest absolute Gasteiger partial charge is 0.303 e. The lowest BCUT2D eigenvalue weighted by atomic mass is 9.99. The van der Waals surface area contributed by atoms with Crippen LogP contribution in [-0.2, 0) is 11.2 Å². The molecular weight excluding hydrogens is 423 g/mol. The van der Waals surface area contributed by atoms with Gasteiger partial charge in [0.2, 0.25) is 0 Å². The number of carboxylic acids is 1. The van der Waals surface area contributed by atoms with Crippen LogP contribution in [0.1, 0.15) is 89.5 Å². The number of aliphatic carboxylic acids is 1. The molecule has 0 saturated heterocycles. The summed E-state index contributed by atoms with van der Waals surface area (Å²) in [4.78, 5) is 10.6. The molecule has 3 heteroatoms. The molecule has 0 aromatic heterocycles. The summed E-state index contributed by atoms with van der Waals surface area (Å²) in [5.74, 6) is -0.331. The number of carboxylic acid groups (broad SMARTS) is 1. The van der Waals surface area contributed by atoms with E-state index in [1.807, 2.05) is 6.92 Å². The highest BCUT2D eigenvalue weighted by Gasteiger charge is 2.06. The lowest BCUT2D eigenvalue weighted by Crippen LogP contribution is -2.03. The largest absolute Gasteiger partial charge is 0.481 e. The van der Waals surface area contributed by atoms with Gasteiger partial charge in [0.15, 0.2) is 0 Å². The first-order valence-electron chi connectivity index (χ1n) is 10.0. The maximum Gasteiger partial charge on any atom is 0.303 e. The van der Waals surface area contributed by atoms with E-state index in [2.05, 4.69) is 46.9 Å². The Kier molecular flexibility index (Phi) is 13.1. The van der Waals surface area contributed by atoms with Crippen molar-refractivity contribution in [3.05, 3.63) is 33.4 Å². The molecule has 0 saturated carbocycles. The van der Waals surface area contributed by atoms with Gasteiger partial charge in [0, 0.05) is 9.99 Å². The minimum atomic E-state index is -0.661. The molecule has 142 valence electrons. The zero-order valence-electron chi connectivity index (χ0n) is 15.8. The lowest BCUT2D eigenvalue weighted by Gasteiger charge is -2.08. The van der Waals surface area contributed by atoms with Crippen LogP contribution in [0.15, 0.2) is 24.3 Å². The van der Waals surface area contributed by atoms with Gasteiger partial charge in [-0.3, -0.25) is 4.79 Å². The molecular formula is C22H35IO2. The lowest BCUT2D eigenvalue weighted by molar-refractivity contribution is -0.138. The Labute approximate surface area is 167 Å². The molecule has 0 radical (unpaired) electrons. The normalized spacial score (nSPS) is 12.2. The van der Waals surface area contributed by atoms with Crippen molar-refractivity contribution in [2.75, 3.05) is 0 Å². The Bertz CT molecular complexity index is 456. The van der Waals surface area contributed by atoms with E-state index >= 15 is 0 Å².